The zero-order valence-electron chi connectivity index (χ0n) is 16.1. The minimum absolute atomic E-state index is 0.156. The van der Waals surface area contributed by atoms with E-state index in [1.807, 2.05) is 32.3 Å². The molecule has 1 atom stereocenters. The van der Waals surface area contributed by atoms with Crippen LogP contribution in [0.15, 0.2) is 54.6 Å². The lowest BCUT2D eigenvalue weighted by Crippen LogP contribution is -2.50. The van der Waals surface area contributed by atoms with Gasteiger partial charge in [0.1, 0.15) is 6.04 Å². The summed E-state index contributed by atoms with van der Waals surface area (Å²) in [6.07, 6.45) is 0. The Morgan fingerprint density at radius 1 is 1.00 bits per heavy atom. The molecule has 1 fully saturated rings. The Labute approximate surface area is 157 Å². The van der Waals surface area contributed by atoms with E-state index in [0.717, 1.165) is 38.3 Å². The van der Waals surface area contributed by atoms with Gasteiger partial charge in [-0.05, 0) is 18.1 Å². The minimum atomic E-state index is -0.188. The maximum Gasteiger partial charge on any atom is 0.244 e. The van der Waals surface area contributed by atoms with Crippen LogP contribution in [-0.2, 0) is 11.3 Å². The summed E-state index contributed by atoms with van der Waals surface area (Å²) in [6.45, 7) is 6.90. The lowest BCUT2D eigenvalue weighted by atomic mass is 10.0. The second-order valence-electron chi connectivity index (χ2n) is 7.35. The van der Waals surface area contributed by atoms with Crippen LogP contribution in [0.25, 0.3) is 0 Å². The Morgan fingerprint density at radius 2 is 1.69 bits per heavy atom. The molecule has 3 rings (SSSR count). The van der Waals surface area contributed by atoms with Crippen LogP contribution in [0.3, 0.4) is 0 Å². The third-order valence-corrected chi connectivity index (χ3v) is 5.05. The number of rotatable bonds is 5. The molecule has 2 aromatic carbocycles. The van der Waals surface area contributed by atoms with Crippen molar-refractivity contribution in [2.75, 3.05) is 40.3 Å². The van der Waals surface area contributed by atoms with Gasteiger partial charge in [0.05, 0.1) is 0 Å². The van der Waals surface area contributed by atoms with Crippen molar-refractivity contribution in [1.29, 1.82) is 0 Å². The van der Waals surface area contributed by atoms with E-state index in [2.05, 4.69) is 53.1 Å². The van der Waals surface area contributed by atoms with Crippen molar-refractivity contribution < 1.29 is 4.79 Å². The number of carbonyl (C=O) groups is 1. The third kappa shape index (κ3) is 4.51. The predicted octanol–water partition coefficient (Wildman–Crippen LogP) is 2.94. The van der Waals surface area contributed by atoms with E-state index in [9.17, 15) is 4.79 Å². The van der Waals surface area contributed by atoms with E-state index >= 15 is 0 Å². The second-order valence-corrected chi connectivity index (χ2v) is 7.35. The van der Waals surface area contributed by atoms with Gasteiger partial charge in [-0.3, -0.25) is 14.6 Å². The van der Waals surface area contributed by atoms with E-state index < -0.39 is 0 Å². The molecule has 4 heteroatoms. The quantitative estimate of drug-likeness (QED) is 0.829. The highest BCUT2D eigenvalue weighted by Gasteiger charge is 2.31. The fraction of sp³-hybridized carbons (Fsp3) is 0.409. The van der Waals surface area contributed by atoms with Crippen LogP contribution < -0.4 is 0 Å². The first kappa shape index (κ1) is 18.6. The monoisotopic (exact) mass is 351 g/mol. The van der Waals surface area contributed by atoms with Crippen LogP contribution >= 0.6 is 0 Å². The highest BCUT2D eigenvalue weighted by atomic mass is 16.2. The highest BCUT2D eigenvalue weighted by Crippen LogP contribution is 2.24. The molecule has 1 saturated heterocycles. The summed E-state index contributed by atoms with van der Waals surface area (Å²) in [4.78, 5) is 19.3. The fourth-order valence-corrected chi connectivity index (χ4v) is 3.64. The number of carbonyl (C=O) groups excluding carboxylic acids is 1. The van der Waals surface area contributed by atoms with Crippen molar-refractivity contribution in [2.24, 2.45) is 0 Å². The van der Waals surface area contributed by atoms with E-state index in [4.69, 9.17) is 0 Å². The van der Waals surface area contributed by atoms with Crippen LogP contribution in [0.1, 0.15) is 22.7 Å². The smallest absolute Gasteiger partial charge is 0.244 e. The number of hydrogen-bond acceptors (Lipinski definition) is 3. The molecule has 26 heavy (non-hydrogen) atoms. The van der Waals surface area contributed by atoms with Crippen molar-refractivity contribution in [2.45, 2.75) is 19.5 Å². The normalized spacial score (nSPS) is 17.0. The maximum atomic E-state index is 12.8. The molecule has 1 heterocycles. The molecule has 1 aliphatic heterocycles. The van der Waals surface area contributed by atoms with E-state index in [1.54, 1.807) is 4.90 Å². The molecule has 0 saturated carbocycles. The van der Waals surface area contributed by atoms with Crippen molar-refractivity contribution >= 4 is 5.91 Å². The fourth-order valence-electron chi connectivity index (χ4n) is 3.64. The first-order valence-electron chi connectivity index (χ1n) is 9.32. The van der Waals surface area contributed by atoms with Gasteiger partial charge in [0.15, 0.2) is 0 Å². The molecule has 0 N–H and O–H groups in total. The molecule has 0 radical (unpaired) electrons. The van der Waals surface area contributed by atoms with Gasteiger partial charge < -0.3 is 4.90 Å². The molecule has 0 aromatic heterocycles. The summed E-state index contributed by atoms with van der Waals surface area (Å²) in [7, 11) is 3.68. The Morgan fingerprint density at radius 3 is 2.31 bits per heavy atom. The third-order valence-electron chi connectivity index (χ3n) is 5.05. The molecule has 1 aliphatic rings. The van der Waals surface area contributed by atoms with Gasteiger partial charge in [-0.15, -0.1) is 0 Å². The zero-order chi connectivity index (χ0) is 18.5. The van der Waals surface area contributed by atoms with Crippen LogP contribution in [0.5, 0.6) is 0 Å². The van der Waals surface area contributed by atoms with Gasteiger partial charge in [-0.2, -0.15) is 0 Å². The van der Waals surface area contributed by atoms with Crippen molar-refractivity contribution in [1.82, 2.24) is 14.7 Å². The molecule has 1 amide bonds. The Balaban J connectivity index is 1.67. The van der Waals surface area contributed by atoms with E-state index in [0.29, 0.717) is 0 Å². The molecular weight excluding hydrogens is 322 g/mol. The molecule has 2 aromatic rings. The van der Waals surface area contributed by atoms with Gasteiger partial charge >= 0.3 is 0 Å². The van der Waals surface area contributed by atoms with Crippen LogP contribution in [-0.4, -0.2) is 60.9 Å². The van der Waals surface area contributed by atoms with Crippen molar-refractivity contribution in [3.63, 3.8) is 0 Å². The van der Waals surface area contributed by atoms with Gasteiger partial charge in [-0.1, -0.05) is 60.2 Å². The Kier molecular flexibility index (Phi) is 6.07. The van der Waals surface area contributed by atoms with Crippen molar-refractivity contribution in [3.8, 4) is 0 Å². The van der Waals surface area contributed by atoms with E-state index in [-0.39, 0.29) is 11.9 Å². The topological polar surface area (TPSA) is 26.8 Å². The number of likely N-dealkylation sites (N-methyl/N-ethyl adjacent to an activating group) is 1. The predicted molar refractivity (Wildman–Crippen MR) is 106 cm³/mol. The van der Waals surface area contributed by atoms with Gasteiger partial charge in [-0.25, -0.2) is 0 Å². The first-order chi connectivity index (χ1) is 12.5. The standard InChI is InChI=1S/C22H29N3O/c1-18-8-7-9-19(16-18)17-24-12-14-25(15-13-24)21(22(26)23(2)3)20-10-5-4-6-11-20/h4-11,16,21H,12-15,17H2,1-3H3/t21-/m0/s1. The number of benzene rings is 2. The minimum Gasteiger partial charge on any atom is -0.347 e. The highest BCUT2D eigenvalue weighted by molar-refractivity contribution is 5.82. The number of aryl methyl sites for hydroxylation is 1. The average Bonchev–Trinajstić information content (AvgIpc) is 2.64. The molecule has 138 valence electrons. The SMILES string of the molecule is Cc1cccc(CN2CCN([C@H](C(=O)N(C)C)c3ccccc3)CC2)c1. The van der Waals surface area contributed by atoms with E-state index in [1.165, 1.54) is 11.1 Å². The molecular formula is C22H29N3O. The number of hydrogen-bond donors (Lipinski definition) is 0. The molecule has 0 bridgehead atoms. The molecule has 0 spiro atoms. The van der Waals surface area contributed by atoms with Gasteiger partial charge in [0.25, 0.3) is 0 Å². The Bertz CT molecular complexity index is 721. The zero-order valence-corrected chi connectivity index (χ0v) is 16.1. The van der Waals surface area contributed by atoms with Crippen LogP contribution in [0.2, 0.25) is 0 Å². The number of piperazine rings is 1. The molecule has 0 unspecified atom stereocenters. The summed E-state index contributed by atoms with van der Waals surface area (Å²) in [5, 5.41) is 0. The molecule has 4 nitrogen and oxygen atoms in total. The summed E-state index contributed by atoms with van der Waals surface area (Å²) >= 11 is 0. The number of amides is 1. The second kappa shape index (κ2) is 8.47. The van der Waals surface area contributed by atoms with Crippen molar-refractivity contribution in [3.05, 3.63) is 71.3 Å². The summed E-state index contributed by atoms with van der Waals surface area (Å²) < 4.78 is 0. The average molecular weight is 351 g/mol. The van der Waals surface area contributed by atoms with Gasteiger partial charge in [0.2, 0.25) is 5.91 Å². The Hall–Kier alpha value is -2.17. The summed E-state index contributed by atoms with van der Waals surface area (Å²) in [5.41, 5.74) is 3.75. The largest absolute Gasteiger partial charge is 0.347 e. The summed E-state index contributed by atoms with van der Waals surface area (Å²) in [5.74, 6) is 0.156. The van der Waals surface area contributed by atoms with Crippen LogP contribution in [0, 0.1) is 6.92 Å². The number of nitrogens with zero attached hydrogens (tertiary/aromatic N) is 3. The lowest BCUT2D eigenvalue weighted by molar-refractivity contribution is -0.135. The van der Waals surface area contributed by atoms with Gasteiger partial charge in [0, 0.05) is 46.8 Å². The summed E-state index contributed by atoms with van der Waals surface area (Å²) in [6, 6.07) is 18.7. The first-order valence-corrected chi connectivity index (χ1v) is 9.32. The lowest BCUT2D eigenvalue weighted by Gasteiger charge is -2.39. The maximum absolute atomic E-state index is 12.8. The van der Waals surface area contributed by atoms with Crippen LogP contribution in [0.4, 0.5) is 0 Å². The molecule has 0 aliphatic carbocycles.